The molecule has 0 aliphatic heterocycles. The third kappa shape index (κ3) is 4.27. The summed E-state index contributed by atoms with van der Waals surface area (Å²) in [6, 6.07) is 44.0. The molecule has 0 saturated carbocycles. The quantitative estimate of drug-likeness (QED) is 0.210. The van der Waals surface area contributed by atoms with Crippen LogP contribution >= 0.6 is 0 Å². The number of pyridine rings is 4. The molecule has 0 atom stereocenters. The predicted octanol–water partition coefficient (Wildman–Crippen LogP) is 9.39. The van der Waals surface area contributed by atoms with Gasteiger partial charge in [0.15, 0.2) is 0 Å². The van der Waals surface area contributed by atoms with Crippen LogP contribution in [0.3, 0.4) is 0 Å². The van der Waals surface area contributed by atoms with Gasteiger partial charge in [-0.05, 0) is 59.2 Å². The molecular weight excluding hydrogens is 512 g/mol. The second-order valence-electron chi connectivity index (χ2n) is 10.4. The van der Waals surface area contributed by atoms with E-state index in [1.54, 1.807) is 0 Å². The standard InChI is InChI=1S/C38H24N4/c1-2-7-25(8-3-1)34-18-16-27-12-14-30-21-31(24-41-37(30)38(27)42-34)28-15-17-32(35-10-4-5-19-39-35)33(22-28)29-13-11-26-9-6-20-40-36(26)23-29/h1-24H. The molecule has 4 aromatic heterocycles. The lowest BCUT2D eigenvalue weighted by Crippen LogP contribution is -1.92. The Bertz CT molecular complexity index is 2240. The van der Waals surface area contributed by atoms with Crippen molar-refractivity contribution in [3.05, 3.63) is 146 Å². The molecule has 4 aromatic carbocycles. The molecule has 0 fully saturated rings. The summed E-state index contributed by atoms with van der Waals surface area (Å²) < 4.78 is 0. The molecule has 0 radical (unpaired) electrons. The number of benzene rings is 4. The van der Waals surface area contributed by atoms with Crippen molar-refractivity contribution in [1.29, 1.82) is 0 Å². The first-order valence-electron chi connectivity index (χ1n) is 14.0. The van der Waals surface area contributed by atoms with E-state index >= 15 is 0 Å². The highest BCUT2D eigenvalue weighted by Gasteiger charge is 2.13. The molecule has 0 N–H and O–H groups in total. The van der Waals surface area contributed by atoms with E-state index in [1.165, 1.54) is 0 Å². The number of rotatable bonds is 4. The van der Waals surface area contributed by atoms with Crippen LogP contribution in [0.4, 0.5) is 0 Å². The van der Waals surface area contributed by atoms with Gasteiger partial charge in [0.2, 0.25) is 0 Å². The maximum atomic E-state index is 5.02. The molecule has 0 saturated heterocycles. The van der Waals surface area contributed by atoms with Crippen LogP contribution < -0.4 is 0 Å². The van der Waals surface area contributed by atoms with Crippen molar-refractivity contribution in [1.82, 2.24) is 19.9 Å². The average molecular weight is 537 g/mol. The minimum Gasteiger partial charge on any atom is -0.256 e. The van der Waals surface area contributed by atoms with Gasteiger partial charge in [-0.3, -0.25) is 15.0 Å². The summed E-state index contributed by atoms with van der Waals surface area (Å²) in [6.07, 6.45) is 5.63. The molecule has 4 heteroatoms. The van der Waals surface area contributed by atoms with E-state index in [0.717, 1.165) is 77.5 Å². The van der Waals surface area contributed by atoms with Crippen molar-refractivity contribution in [2.45, 2.75) is 0 Å². The van der Waals surface area contributed by atoms with Crippen LogP contribution in [0.1, 0.15) is 0 Å². The number of aromatic nitrogens is 4. The number of fused-ring (bicyclic) bond motifs is 4. The van der Waals surface area contributed by atoms with Crippen LogP contribution in [0.5, 0.6) is 0 Å². The van der Waals surface area contributed by atoms with E-state index in [9.17, 15) is 0 Å². The van der Waals surface area contributed by atoms with Crippen molar-refractivity contribution in [2.24, 2.45) is 0 Å². The smallest absolute Gasteiger partial charge is 0.0972 e. The highest BCUT2D eigenvalue weighted by molar-refractivity contribution is 6.04. The lowest BCUT2D eigenvalue weighted by Gasteiger charge is -2.14. The first-order valence-corrected chi connectivity index (χ1v) is 14.0. The summed E-state index contributed by atoms with van der Waals surface area (Å²) in [6.45, 7) is 0. The van der Waals surface area contributed by atoms with Crippen molar-refractivity contribution >= 4 is 32.7 Å². The van der Waals surface area contributed by atoms with Gasteiger partial charge in [0.1, 0.15) is 0 Å². The van der Waals surface area contributed by atoms with Crippen LogP contribution in [0.25, 0.3) is 77.5 Å². The van der Waals surface area contributed by atoms with Crippen molar-refractivity contribution < 1.29 is 0 Å². The number of hydrogen-bond donors (Lipinski definition) is 0. The van der Waals surface area contributed by atoms with Gasteiger partial charge in [0.05, 0.1) is 27.9 Å². The zero-order valence-corrected chi connectivity index (χ0v) is 22.6. The van der Waals surface area contributed by atoms with Gasteiger partial charge < -0.3 is 0 Å². The summed E-state index contributed by atoms with van der Waals surface area (Å²) in [7, 11) is 0. The van der Waals surface area contributed by atoms with E-state index in [1.807, 2.05) is 55.0 Å². The van der Waals surface area contributed by atoms with Gasteiger partial charge in [-0.25, -0.2) is 4.98 Å². The van der Waals surface area contributed by atoms with Gasteiger partial charge in [0.25, 0.3) is 0 Å². The third-order valence-corrected chi connectivity index (χ3v) is 7.79. The third-order valence-electron chi connectivity index (χ3n) is 7.79. The fourth-order valence-electron chi connectivity index (χ4n) is 5.65. The van der Waals surface area contributed by atoms with Crippen molar-refractivity contribution in [2.75, 3.05) is 0 Å². The molecule has 0 spiro atoms. The Morgan fingerprint density at radius 2 is 1.19 bits per heavy atom. The Balaban J connectivity index is 1.27. The lowest BCUT2D eigenvalue weighted by atomic mass is 9.92. The van der Waals surface area contributed by atoms with E-state index in [2.05, 4.69) is 101 Å². The average Bonchev–Trinajstić information content (AvgIpc) is 3.08. The Kier molecular flexibility index (Phi) is 5.75. The Labute approximate surface area is 243 Å². The highest BCUT2D eigenvalue weighted by Crippen LogP contribution is 2.37. The maximum absolute atomic E-state index is 5.02. The predicted molar refractivity (Wildman–Crippen MR) is 172 cm³/mol. The summed E-state index contributed by atoms with van der Waals surface area (Å²) in [4.78, 5) is 19.3. The van der Waals surface area contributed by atoms with Gasteiger partial charge in [-0.1, -0.05) is 84.9 Å². The van der Waals surface area contributed by atoms with Crippen molar-refractivity contribution in [3.63, 3.8) is 0 Å². The van der Waals surface area contributed by atoms with Crippen LogP contribution in [0.15, 0.2) is 146 Å². The molecule has 8 aromatic rings. The molecule has 4 nitrogen and oxygen atoms in total. The molecular formula is C38H24N4. The first kappa shape index (κ1) is 24.1. The normalized spacial score (nSPS) is 11.3. The van der Waals surface area contributed by atoms with Gasteiger partial charge >= 0.3 is 0 Å². The largest absolute Gasteiger partial charge is 0.256 e. The molecule has 0 aliphatic carbocycles. The molecule has 8 rings (SSSR count). The minimum absolute atomic E-state index is 0.903. The Morgan fingerprint density at radius 3 is 2.10 bits per heavy atom. The first-order chi connectivity index (χ1) is 20.8. The maximum Gasteiger partial charge on any atom is 0.0972 e. The van der Waals surface area contributed by atoms with Crippen LogP contribution in [0.2, 0.25) is 0 Å². The summed E-state index contributed by atoms with van der Waals surface area (Å²) in [5.41, 5.74) is 11.2. The van der Waals surface area contributed by atoms with Gasteiger partial charge in [-0.15, -0.1) is 0 Å². The monoisotopic (exact) mass is 536 g/mol. The summed E-state index contributed by atoms with van der Waals surface area (Å²) in [5.74, 6) is 0. The van der Waals surface area contributed by atoms with Crippen LogP contribution in [-0.4, -0.2) is 19.9 Å². The molecule has 0 amide bonds. The molecule has 0 bridgehead atoms. The second kappa shape index (κ2) is 10.0. The number of nitrogens with zero attached hydrogens (tertiary/aromatic N) is 4. The Hall–Kier alpha value is -5.74. The number of hydrogen-bond acceptors (Lipinski definition) is 4. The van der Waals surface area contributed by atoms with Gasteiger partial charge in [0, 0.05) is 51.4 Å². The lowest BCUT2D eigenvalue weighted by molar-refractivity contribution is 1.32. The zero-order valence-electron chi connectivity index (χ0n) is 22.6. The molecule has 0 unspecified atom stereocenters. The van der Waals surface area contributed by atoms with E-state index in [0.29, 0.717) is 0 Å². The van der Waals surface area contributed by atoms with E-state index in [4.69, 9.17) is 9.97 Å². The van der Waals surface area contributed by atoms with Gasteiger partial charge in [-0.2, -0.15) is 0 Å². The molecule has 196 valence electrons. The SMILES string of the molecule is c1ccc(-c2ccc3ccc4cc(-c5ccc(-c6ccccn6)c(-c6ccc7cccnc7c6)c5)cnc4c3n2)cc1. The summed E-state index contributed by atoms with van der Waals surface area (Å²) >= 11 is 0. The second-order valence-corrected chi connectivity index (χ2v) is 10.4. The summed E-state index contributed by atoms with van der Waals surface area (Å²) in [5, 5.41) is 3.25. The van der Waals surface area contributed by atoms with E-state index < -0.39 is 0 Å². The minimum atomic E-state index is 0.903. The fourth-order valence-corrected chi connectivity index (χ4v) is 5.65. The Morgan fingerprint density at radius 1 is 0.381 bits per heavy atom. The molecule has 4 heterocycles. The molecule has 42 heavy (non-hydrogen) atoms. The molecule has 0 aliphatic rings. The fraction of sp³-hybridized carbons (Fsp3) is 0. The van der Waals surface area contributed by atoms with Crippen LogP contribution in [0, 0.1) is 0 Å². The van der Waals surface area contributed by atoms with E-state index in [-0.39, 0.29) is 0 Å². The highest BCUT2D eigenvalue weighted by atomic mass is 14.8. The van der Waals surface area contributed by atoms with Crippen molar-refractivity contribution in [3.8, 4) is 44.8 Å². The zero-order chi connectivity index (χ0) is 27.9. The topological polar surface area (TPSA) is 51.6 Å². The van der Waals surface area contributed by atoms with Crippen LogP contribution in [-0.2, 0) is 0 Å².